The molecule has 2 aliphatic rings. The molecular formula is C11H22N2S. The number of hydrogen-bond acceptors (Lipinski definition) is 3. The molecule has 14 heavy (non-hydrogen) atoms. The van der Waals surface area contributed by atoms with Crippen molar-refractivity contribution in [3.8, 4) is 0 Å². The van der Waals surface area contributed by atoms with E-state index < -0.39 is 0 Å². The molecule has 0 aromatic carbocycles. The van der Waals surface area contributed by atoms with E-state index in [1.807, 2.05) is 11.8 Å². The quantitative estimate of drug-likeness (QED) is 0.745. The predicted octanol–water partition coefficient (Wildman–Crippen LogP) is 1.42. The Morgan fingerprint density at radius 1 is 1.43 bits per heavy atom. The number of nitrogens with zero attached hydrogens (tertiary/aromatic N) is 1. The third kappa shape index (κ3) is 2.44. The molecule has 2 bridgehead atoms. The minimum atomic E-state index is 0.844. The molecule has 2 heterocycles. The summed E-state index contributed by atoms with van der Waals surface area (Å²) in [6.45, 7) is 2.55. The smallest absolute Gasteiger partial charge is 0.0111 e. The van der Waals surface area contributed by atoms with Crippen LogP contribution in [-0.2, 0) is 0 Å². The Labute approximate surface area is 91.8 Å². The van der Waals surface area contributed by atoms with Gasteiger partial charge in [-0.1, -0.05) is 0 Å². The summed E-state index contributed by atoms with van der Waals surface area (Å²) >= 11 is 1.95. The Hall–Kier alpha value is 0.270. The Bertz CT molecular complexity index is 186. The SMILES string of the molecule is CSCCN(C)CC1CC2CCC1N2. The minimum Gasteiger partial charge on any atom is -0.311 e. The molecule has 82 valence electrons. The lowest BCUT2D eigenvalue weighted by molar-refractivity contribution is 0.259. The molecule has 3 heteroatoms. The van der Waals surface area contributed by atoms with E-state index in [2.05, 4.69) is 23.5 Å². The van der Waals surface area contributed by atoms with Gasteiger partial charge in [0.1, 0.15) is 0 Å². The van der Waals surface area contributed by atoms with Gasteiger partial charge in [-0.2, -0.15) is 11.8 Å². The van der Waals surface area contributed by atoms with Crippen LogP contribution in [0.3, 0.4) is 0 Å². The average molecular weight is 214 g/mol. The first-order valence-electron chi connectivity index (χ1n) is 5.73. The van der Waals surface area contributed by atoms with E-state index in [0.717, 1.165) is 18.0 Å². The van der Waals surface area contributed by atoms with E-state index in [4.69, 9.17) is 0 Å². The van der Waals surface area contributed by atoms with Crippen molar-refractivity contribution in [1.29, 1.82) is 0 Å². The molecule has 1 N–H and O–H groups in total. The Morgan fingerprint density at radius 2 is 2.29 bits per heavy atom. The summed E-state index contributed by atoms with van der Waals surface area (Å²) in [7, 11) is 2.27. The molecule has 3 atom stereocenters. The van der Waals surface area contributed by atoms with Crippen molar-refractivity contribution in [2.75, 3.05) is 32.1 Å². The van der Waals surface area contributed by atoms with Gasteiger partial charge in [0.05, 0.1) is 0 Å². The lowest BCUT2D eigenvalue weighted by Crippen LogP contribution is -2.34. The Morgan fingerprint density at radius 3 is 2.86 bits per heavy atom. The van der Waals surface area contributed by atoms with Gasteiger partial charge >= 0.3 is 0 Å². The summed E-state index contributed by atoms with van der Waals surface area (Å²) in [5.74, 6) is 2.20. The fourth-order valence-electron chi connectivity index (χ4n) is 2.88. The molecule has 0 aromatic heterocycles. The van der Waals surface area contributed by atoms with Crippen molar-refractivity contribution in [3.05, 3.63) is 0 Å². The molecule has 2 fully saturated rings. The standard InChI is InChI=1S/C11H22N2S/c1-13(5-6-14-2)8-9-7-10-3-4-11(9)12-10/h9-12H,3-8H2,1-2H3. The molecule has 0 aliphatic carbocycles. The molecule has 2 saturated heterocycles. The normalized spacial score (nSPS) is 35.8. The van der Waals surface area contributed by atoms with E-state index in [0.29, 0.717) is 0 Å². The Balaban J connectivity index is 1.70. The zero-order valence-corrected chi connectivity index (χ0v) is 10.1. The summed E-state index contributed by atoms with van der Waals surface area (Å²) in [4.78, 5) is 2.50. The van der Waals surface area contributed by atoms with E-state index in [1.165, 1.54) is 38.1 Å². The first kappa shape index (κ1) is 10.8. The molecule has 2 aliphatic heterocycles. The molecule has 2 nitrogen and oxygen atoms in total. The highest BCUT2D eigenvalue weighted by Crippen LogP contribution is 2.33. The molecule has 0 spiro atoms. The van der Waals surface area contributed by atoms with Gasteiger partial charge in [-0.25, -0.2) is 0 Å². The van der Waals surface area contributed by atoms with Crippen LogP contribution in [0, 0.1) is 5.92 Å². The van der Waals surface area contributed by atoms with Crippen LogP contribution >= 0.6 is 11.8 Å². The lowest BCUT2D eigenvalue weighted by atomic mass is 9.89. The molecular weight excluding hydrogens is 192 g/mol. The number of hydrogen-bond donors (Lipinski definition) is 1. The second kappa shape index (κ2) is 4.86. The van der Waals surface area contributed by atoms with Crippen LogP contribution in [0.25, 0.3) is 0 Å². The number of nitrogens with one attached hydrogen (secondary N) is 1. The molecule has 3 unspecified atom stereocenters. The van der Waals surface area contributed by atoms with Gasteiger partial charge in [-0.3, -0.25) is 0 Å². The fraction of sp³-hybridized carbons (Fsp3) is 1.00. The van der Waals surface area contributed by atoms with Crippen LogP contribution in [0.1, 0.15) is 19.3 Å². The fourth-order valence-corrected chi connectivity index (χ4v) is 3.37. The topological polar surface area (TPSA) is 15.3 Å². The molecule has 2 rings (SSSR count). The van der Waals surface area contributed by atoms with E-state index in [9.17, 15) is 0 Å². The molecule has 0 radical (unpaired) electrons. The predicted molar refractivity (Wildman–Crippen MR) is 63.9 cm³/mol. The number of rotatable bonds is 5. The first-order valence-corrected chi connectivity index (χ1v) is 7.12. The van der Waals surface area contributed by atoms with Crippen LogP contribution in [0.15, 0.2) is 0 Å². The van der Waals surface area contributed by atoms with Gasteiger partial charge in [-0.15, -0.1) is 0 Å². The van der Waals surface area contributed by atoms with Crippen molar-refractivity contribution in [2.24, 2.45) is 5.92 Å². The summed E-state index contributed by atoms with van der Waals surface area (Å²) in [5, 5.41) is 3.71. The van der Waals surface area contributed by atoms with Crippen LogP contribution < -0.4 is 5.32 Å². The average Bonchev–Trinajstić information content (AvgIpc) is 2.76. The van der Waals surface area contributed by atoms with Crippen molar-refractivity contribution in [2.45, 2.75) is 31.3 Å². The maximum Gasteiger partial charge on any atom is 0.0111 e. The summed E-state index contributed by atoms with van der Waals surface area (Å²) < 4.78 is 0. The summed E-state index contributed by atoms with van der Waals surface area (Å²) in [5.41, 5.74) is 0. The van der Waals surface area contributed by atoms with E-state index in [1.54, 1.807) is 0 Å². The lowest BCUT2D eigenvalue weighted by Gasteiger charge is -2.25. The maximum absolute atomic E-state index is 3.71. The van der Waals surface area contributed by atoms with Gasteiger partial charge in [0.2, 0.25) is 0 Å². The second-order valence-corrected chi connectivity index (χ2v) is 5.78. The highest BCUT2D eigenvalue weighted by atomic mass is 32.2. The first-order chi connectivity index (χ1) is 6.79. The van der Waals surface area contributed by atoms with Crippen LogP contribution in [-0.4, -0.2) is 49.1 Å². The van der Waals surface area contributed by atoms with Crippen molar-refractivity contribution in [1.82, 2.24) is 10.2 Å². The summed E-state index contributed by atoms with van der Waals surface area (Å²) in [6, 6.07) is 1.70. The van der Waals surface area contributed by atoms with Gasteiger partial charge in [0.15, 0.2) is 0 Å². The zero-order valence-electron chi connectivity index (χ0n) is 9.33. The number of fused-ring (bicyclic) bond motifs is 2. The third-order valence-electron chi connectivity index (χ3n) is 3.66. The highest BCUT2D eigenvalue weighted by Gasteiger charge is 2.38. The van der Waals surface area contributed by atoms with Gasteiger partial charge in [0, 0.05) is 30.9 Å². The zero-order chi connectivity index (χ0) is 9.97. The third-order valence-corrected chi connectivity index (χ3v) is 4.25. The van der Waals surface area contributed by atoms with Gasteiger partial charge in [0.25, 0.3) is 0 Å². The largest absolute Gasteiger partial charge is 0.311 e. The molecule has 0 saturated carbocycles. The van der Waals surface area contributed by atoms with Crippen LogP contribution in [0.5, 0.6) is 0 Å². The second-order valence-electron chi connectivity index (χ2n) is 4.80. The van der Waals surface area contributed by atoms with Crippen LogP contribution in [0.2, 0.25) is 0 Å². The molecule has 0 aromatic rings. The minimum absolute atomic E-state index is 0.844. The highest BCUT2D eigenvalue weighted by molar-refractivity contribution is 7.98. The van der Waals surface area contributed by atoms with Crippen LogP contribution in [0.4, 0.5) is 0 Å². The van der Waals surface area contributed by atoms with Crippen molar-refractivity contribution < 1.29 is 0 Å². The molecule has 0 amide bonds. The van der Waals surface area contributed by atoms with Gasteiger partial charge in [-0.05, 0) is 38.5 Å². The Kier molecular flexibility index (Phi) is 3.74. The van der Waals surface area contributed by atoms with Gasteiger partial charge < -0.3 is 10.2 Å². The maximum atomic E-state index is 3.71. The van der Waals surface area contributed by atoms with E-state index >= 15 is 0 Å². The summed E-state index contributed by atoms with van der Waals surface area (Å²) in [6.07, 6.45) is 6.46. The van der Waals surface area contributed by atoms with Crippen molar-refractivity contribution >= 4 is 11.8 Å². The number of thioether (sulfide) groups is 1. The van der Waals surface area contributed by atoms with E-state index in [-0.39, 0.29) is 0 Å². The monoisotopic (exact) mass is 214 g/mol. The van der Waals surface area contributed by atoms with Crippen molar-refractivity contribution in [3.63, 3.8) is 0 Å².